The van der Waals surface area contributed by atoms with E-state index in [2.05, 4.69) is 20.9 Å². The third-order valence-electron chi connectivity index (χ3n) is 4.01. The van der Waals surface area contributed by atoms with Crippen LogP contribution < -0.4 is 16.0 Å². The molecule has 1 saturated carbocycles. The quantitative estimate of drug-likeness (QED) is 0.324. The minimum atomic E-state index is 0.0280. The van der Waals surface area contributed by atoms with Crippen molar-refractivity contribution < 1.29 is 9.53 Å². The number of carbonyl (C=O) groups is 1. The van der Waals surface area contributed by atoms with Gasteiger partial charge in [0.1, 0.15) is 0 Å². The van der Waals surface area contributed by atoms with Gasteiger partial charge >= 0.3 is 0 Å². The van der Waals surface area contributed by atoms with Crippen molar-refractivity contribution in [3.63, 3.8) is 0 Å². The summed E-state index contributed by atoms with van der Waals surface area (Å²) in [5, 5.41) is 9.30. The Morgan fingerprint density at radius 2 is 1.92 bits per heavy atom. The largest absolute Gasteiger partial charge is 0.381 e. The highest BCUT2D eigenvalue weighted by Gasteiger charge is 2.20. The maximum absolute atomic E-state index is 11.9. The molecule has 0 atom stereocenters. The predicted octanol–water partition coefficient (Wildman–Crippen LogP) is 1.67. The number of benzene rings is 1. The van der Waals surface area contributed by atoms with Crippen molar-refractivity contribution in [3.05, 3.63) is 35.9 Å². The molecule has 25 heavy (non-hydrogen) atoms. The molecule has 6 heteroatoms. The van der Waals surface area contributed by atoms with Crippen LogP contribution in [0.1, 0.15) is 31.2 Å². The van der Waals surface area contributed by atoms with E-state index in [1.54, 1.807) is 7.05 Å². The van der Waals surface area contributed by atoms with Crippen molar-refractivity contribution in [3.8, 4) is 0 Å². The van der Waals surface area contributed by atoms with Crippen LogP contribution in [0.2, 0.25) is 0 Å². The first-order valence-electron chi connectivity index (χ1n) is 9.11. The van der Waals surface area contributed by atoms with Crippen LogP contribution in [0.4, 0.5) is 0 Å². The molecule has 1 amide bonds. The number of ether oxygens (including phenoxy) is 1. The molecular weight excluding hydrogens is 316 g/mol. The van der Waals surface area contributed by atoms with Gasteiger partial charge in [-0.2, -0.15) is 0 Å². The van der Waals surface area contributed by atoms with Crippen molar-refractivity contribution in [2.24, 2.45) is 10.9 Å². The van der Waals surface area contributed by atoms with Crippen LogP contribution in [0.3, 0.4) is 0 Å². The highest BCUT2D eigenvalue weighted by Crippen LogP contribution is 2.28. The molecule has 6 nitrogen and oxygen atoms in total. The number of hydrogen-bond acceptors (Lipinski definition) is 3. The lowest BCUT2D eigenvalue weighted by Gasteiger charge is -2.12. The van der Waals surface area contributed by atoms with Gasteiger partial charge in [0.15, 0.2) is 5.96 Å². The number of hydrogen-bond donors (Lipinski definition) is 3. The normalized spacial score (nSPS) is 14.2. The monoisotopic (exact) mass is 346 g/mol. The van der Waals surface area contributed by atoms with Gasteiger partial charge in [-0.3, -0.25) is 9.79 Å². The third kappa shape index (κ3) is 9.10. The Morgan fingerprint density at radius 1 is 1.16 bits per heavy atom. The van der Waals surface area contributed by atoms with Crippen LogP contribution in [0.15, 0.2) is 35.3 Å². The lowest BCUT2D eigenvalue weighted by molar-refractivity contribution is -0.121. The maximum Gasteiger partial charge on any atom is 0.222 e. The molecule has 1 aliphatic carbocycles. The molecule has 1 aliphatic rings. The molecule has 3 N–H and O–H groups in total. The molecule has 0 unspecified atom stereocenters. The van der Waals surface area contributed by atoms with Gasteiger partial charge in [0.25, 0.3) is 0 Å². The van der Waals surface area contributed by atoms with E-state index in [1.165, 1.54) is 12.8 Å². The van der Waals surface area contributed by atoms with E-state index in [9.17, 15) is 4.79 Å². The van der Waals surface area contributed by atoms with E-state index >= 15 is 0 Å². The van der Waals surface area contributed by atoms with E-state index < -0.39 is 0 Å². The molecule has 138 valence electrons. The Hall–Kier alpha value is -2.08. The van der Waals surface area contributed by atoms with Crippen molar-refractivity contribution in [1.29, 1.82) is 0 Å². The van der Waals surface area contributed by atoms with Crippen LogP contribution in [-0.4, -0.2) is 45.2 Å². The maximum atomic E-state index is 11.9. The van der Waals surface area contributed by atoms with Gasteiger partial charge in [-0.15, -0.1) is 0 Å². The Bertz CT molecular complexity index is 529. The van der Waals surface area contributed by atoms with E-state index in [-0.39, 0.29) is 5.91 Å². The summed E-state index contributed by atoms with van der Waals surface area (Å²) in [6, 6.07) is 9.90. The van der Waals surface area contributed by atoms with E-state index in [1.807, 2.05) is 30.3 Å². The summed E-state index contributed by atoms with van der Waals surface area (Å²) in [7, 11) is 1.73. The van der Waals surface area contributed by atoms with Gasteiger partial charge in [0, 0.05) is 46.3 Å². The first kappa shape index (κ1) is 19.2. The number of aliphatic imine (C=N–C) groups is 1. The lowest BCUT2D eigenvalue weighted by Crippen LogP contribution is -2.39. The highest BCUT2D eigenvalue weighted by molar-refractivity contribution is 5.81. The molecule has 1 aromatic carbocycles. The first-order valence-corrected chi connectivity index (χ1v) is 9.11. The molecule has 2 rings (SSSR count). The van der Waals surface area contributed by atoms with Gasteiger partial charge in [0.05, 0.1) is 0 Å². The fourth-order valence-corrected chi connectivity index (χ4v) is 2.32. The van der Waals surface area contributed by atoms with Gasteiger partial charge in [-0.05, 0) is 30.7 Å². The minimum Gasteiger partial charge on any atom is -0.381 e. The molecule has 0 heterocycles. The standard InChI is InChI=1S/C19H30N4O2/c1-20-19(21-11-5-13-25-15-17-8-9-17)22-12-10-18(24)23-14-16-6-3-2-4-7-16/h2-4,6-7,17H,5,8-15H2,1H3,(H,23,24)(H2,20,21,22). The van der Waals surface area contributed by atoms with Gasteiger partial charge in [-0.25, -0.2) is 0 Å². The highest BCUT2D eigenvalue weighted by atomic mass is 16.5. The first-order chi connectivity index (χ1) is 12.3. The molecule has 1 aromatic rings. The molecular formula is C19H30N4O2. The van der Waals surface area contributed by atoms with Gasteiger partial charge in [-0.1, -0.05) is 30.3 Å². The fourth-order valence-electron chi connectivity index (χ4n) is 2.32. The summed E-state index contributed by atoms with van der Waals surface area (Å²) >= 11 is 0. The second kappa shape index (κ2) is 11.5. The van der Waals surface area contributed by atoms with Crippen molar-refractivity contribution >= 4 is 11.9 Å². The molecule has 0 saturated heterocycles. The molecule has 0 bridgehead atoms. The van der Waals surface area contributed by atoms with Crippen LogP contribution in [-0.2, 0) is 16.1 Å². The fraction of sp³-hybridized carbons (Fsp3) is 0.579. The molecule has 0 spiro atoms. The van der Waals surface area contributed by atoms with Crippen LogP contribution in [0.5, 0.6) is 0 Å². The topological polar surface area (TPSA) is 74.8 Å². The van der Waals surface area contributed by atoms with E-state index in [0.29, 0.717) is 19.5 Å². The number of rotatable bonds is 11. The van der Waals surface area contributed by atoms with Crippen molar-refractivity contribution in [1.82, 2.24) is 16.0 Å². The summed E-state index contributed by atoms with van der Waals surface area (Å²) in [6.45, 7) is 3.62. The zero-order valence-corrected chi connectivity index (χ0v) is 15.1. The van der Waals surface area contributed by atoms with Crippen molar-refractivity contribution in [2.45, 2.75) is 32.2 Å². The minimum absolute atomic E-state index is 0.0280. The summed E-state index contributed by atoms with van der Waals surface area (Å²) < 4.78 is 5.60. The van der Waals surface area contributed by atoms with Crippen LogP contribution in [0, 0.1) is 5.92 Å². The third-order valence-corrected chi connectivity index (χ3v) is 4.01. The van der Waals surface area contributed by atoms with Gasteiger partial charge < -0.3 is 20.7 Å². The summed E-state index contributed by atoms with van der Waals surface area (Å²) in [4.78, 5) is 16.0. The smallest absolute Gasteiger partial charge is 0.222 e. The number of nitrogens with one attached hydrogen (secondary N) is 3. The zero-order valence-electron chi connectivity index (χ0n) is 15.1. The van der Waals surface area contributed by atoms with Crippen LogP contribution in [0.25, 0.3) is 0 Å². The Balaban J connectivity index is 1.47. The summed E-state index contributed by atoms with van der Waals surface area (Å²) in [5.74, 6) is 1.56. The second-order valence-corrected chi connectivity index (χ2v) is 6.31. The molecule has 0 aromatic heterocycles. The Morgan fingerprint density at radius 3 is 2.64 bits per heavy atom. The lowest BCUT2D eigenvalue weighted by atomic mass is 10.2. The average Bonchev–Trinajstić information content (AvgIpc) is 3.46. The molecule has 1 fully saturated rings. The van der Waals surface area contributed by atoms with Crippen LogP contribution >= 0.6 is 0 Å². The molecule has 0 radical (unpaired) electrons. The van der Waals surface area contributed by atoms with E-state index in [0.717, 1.165) is 43.6 Å². The number of amides is 1. The zero-order chi connectivity index (χ0) is 17.7. The van der Waals surface area contributed by atoms with Gasteiger partial charge in [0.2, 0.25) is 5.91 Å². The average molecular weight is 346 g/mol. The number of carbonyl (C=O) groups excluding carboxylic acids is 1. The predicted molar refractivity (Wildman–Crippen MR) is 100 cm³/mol. The number of guanidine groups is 1. The molecule has 0 aliphatic heterocycles. The SMILES string of the molecule is CN=C(NCCCOCC1CC1)NCCC(=O)NCc1ccccc1. The summed E-state index contributed by atoms with van der Waals surface area (Å²) in [6.07, 6.45) is 4.02. The number of nitrogens with zero attached hydrogens (tertiary/aromatic N) is 1. The summed E-state index contributed by atoms with van der Waals surface area (Å²) in [5.41, 5.74) is 1.10. The second-order valence-electron chi connectivity index (χ2n) is 6.31. The van der Waals surface area contributed by atoms with Crippen molar-refractivity contribution in [2.75, 3.05) is 33.4 Å². The Kier molecular flexibility index (Phi) is 8.83. The van der Waals surface area contributed by atoms with E-state index in [4.69, 9.17) is 4.74 Å². The Labute approximate surface area is 150 Å².